The van der Waals surface area contributed by atoms with Gasteiger partial charge in [0.1, 0.15) is 11.5 Å². The summed E-state index contributed by atoms with van der Waals surface area (Å²) in [7, 11) is 3.15. The van der Waals surface area contributed by atoms with Crippen LogP contribution in [-0.4, -0.2) is 29.7 Å². The minimum Gasteiger partial charge on any atom is -0.497 e. The molecule has 1 aromatic heterocycles. The summed E-state index contributed by atoms with van der Waals surface area (Å²) in [5.74, 6) is 1.17. The van der Waals surface area contributed by atoms with Crippen molar-refractivity contribution in [1.29, 1.82) is 0 Å². The lowest BCUT2D eigenvalue weighted by Crippen LogP contribution is -2.38. The maximum absolute atomic E-state index is 13.8. The molecule has 0 saturated heterocycles. The minimum absolute atomic E-state index is 0.252. The van der Waals surface area contributed by atoms with E-state index < -0.39 is 0 Å². The lowest BCUT2D eigenvalue weighted by Gasteiger charge is -2.31. The number of nitrogens with zero attached hydrogens (tertiary/aromatic N) is 2. The van der Waals surface area contributed by atoms with E-state index in [1.165, 1.54) is 0 Å². The molecule has 34 heavy (non-hydrogen) atoms. The smallest absolute Gasteiger partial charge is 0.323 e. The number of hydrogen-bond donors (Lipinski definition) is 1. The number of benzene rings is 3. The van der Waals surface area contributed by atoms with E-state index >= 15 is 0 Å². The fraction of sp³-hybridized carbons (Fsp3) is 0.148. The fourth-order valence-electron chi connectivity index (χ4n) is 4.46. The summed E-state index contributed by atoms with van der Waals surface area (Å²) in [6.45, 7) is 0.416. The molecule has 3 aromatic carbocycles. The van der Waals surface area contributed by atoms with Crippen molar-refractivity contribution in [2.75, 3.05) is 19.5 Å². The Hall–Kier alpha value is -3.90. The predicted octanol–water partition coefficient (Wildman–Crippen LogP) is 6.29. The summed E-state index contributed by atoms with van der Waals surface area (Å²) < 4.78 is 12.9. The topological polar surface area (TPSA) is 55.7 Å². The molecule has 6 nitrogen and oxygen atoms in total. The van der Waals surface area contributed by atoms with Crippen LogP contribution in [0.15, 0.2) is 85.1 Å². The zero-order chi connectivity index (χ0) is 23.7. The molecule has 0 aliphatic carbocycles. The van der Waals surface area contributed by atoms with Crippen molar-refractivity contribution in [3.8, 4) is 17.2 Å². The summed E-state index contributed by atoms with van der Waals surface area (Å²) in [6, 6.07) is 24.5. The first-order valence-electron chi connectivity index (χ1n) is 10.9. The Morgan fingerprint density at radius 1 is 0.971 bits per heavy atom. The van der Waals surface area contributed by atoms with Gasteiger partial charge in [0.05, 0.1) is 38.2 Å². The SMILES string of the molecule is COc1ccc(NC(=O)N2Cc3ccccc3-n3cccc3C2c2cccc(Cl)c2)c(OC)c1. The number of carbonyl (C=O) groups is 1. The van der Waals surface area contributed by atoms with Gasteiger partial charge in [0.2, 0.25) is 0 Å². The van der Waals surface area contributed by atoms with E-state index in [1.54, 1.807) is 32.4 Å². The second kappa shape index (κ2) is 9.15. The van der Waals surface area contributed by atoms with Crippen molar-refractivity contribution < 1.29 is 14.3 Å². The number of amides is 2. The van der Waals surface area contributed by atoms with Crippen LogP contribution >= 0.6 is 11.6 Å². The number of carbonyl (C=O) groups excluding carboxylic acids is 1. The normalized spacial score (nSPS) is 14.6. The van der Waals surface area contributed by atoms with E-state index in [2.05, 4.69) is 16.0 Å². The highest BCUT2D eigenvalue weighted by molar-refractivity contribution is 6.30. The van der Waals surface area contributed by atoms with Gasteiger partial charge < -0.3 is 24.3 Å². The molecule has 1 unspecified atom stereocenters. The number of methoxy groups -OCH3 is 2. The molecule has 0 spiro atoms. The Labute approximate surface area is 203 Å². The van der Waals surface area contributed by atoms with Crippen LogP contribution in [0, 0.1) is 0 Å². The van der Waals surface area contributed by atoms with Gasteiger partial charge >= 0.3 is 6.03 Å². The second-order valence-corrected chi connectivity index (χ2v) is 8.45. The molecule has 0 saturated carbocycles. The van der Waals surface area contributed by atoms with Crippen LogP contribution < -0.4 is 14.8 Å². The van der Waals surface area contributed by atoms with Gasteiger partial charge in [-0.05, 0) is 53.6 Å². The van der Waals surface area contributed by atoms with E-state index in [0.717, 1.165) is 22.5 Å². The Bertz CT molecular complexity index is 1350. The quantitative estimate of drug-likeness (QED) is 0.379. The Balaban J connectivity index is 1.61. The Morgan fingerprint density at radius 2 is 1.82 bits per heavy atom. The third-order valence-corrected chi connectivity index (χ3v) is 6.27. The average molecular weight is 474 g/mol. The van der Waals surface area contributed by atoms with Crippen molar-refractivity contribution in [3.05, 3.63) is 107 Å². The summed E-state index contributed by atoms with van der Waals surface area (Å²) in [5.41, 5.74) is 4.56. The number of fused-ring (bicyclic) bond motifs is 3. The van der Waals surface area contributed by atoms with Crippen LogP contribution in [0.3, 0.4) is 0 Å². The Kier molecular flexibility index (Phi) is 5.90. The average Bonchev–Trinajstić information content (AvgIpc) is 3.28. The molecule has 5 rings (SSSR count). The molecule has 1 N–H and O–H groups in total. The summed E-state index contributed by atoms with van der Waals surface area (Å²) in [4.78, 5) is 15.7. The molecule has 2 heterocycles. The highest BCUT2D eigenvalue weighted by atomic mass is 35.5. The number of ether oxygens (including phenoxy) is 2. The number of hydrogen-bond acceptors (Lipinski definition) is 3. The zero-order valence-corrected chi connectivity index (χ0v) is 19.6. The molecule has 1 aliphatic heterocycles. The van der Waals surface area contributed by atoms with Crippen molar-refractivity contribution in [1.82, 2.24) is 9.47 Å². The van der Waals surface area contributed by atoms with Crippen LogP contribution in [0.1, 0.15) is 22.9 Å². The van der Waals surface area contributed by atoms with Gasteiger partial charge in [-0.1, -0.05) is 41.9 Å². The van der Waals surface area contributed by atoms with Crippen molar-refractivity contribution in [2.45, 2.75) is 12.6 Å². The molecule has 0 radical (unpaired) electrons. The van der Waals surface area contributed by atoms with Crippen LogP contribution in [-0.2, 0) is 6.54 Å². The van der Waals surface area contributed by atoms with Crippen LogP contribution in [0.5, 0.6) is 11.5 Å². The lowest BCUT2D eigenvalue weighted by atomic mass is 10.0. The molecule has 1 atom stereocenters. The van der Waals surface area contributed by atoms with Gasteiger partial charge in [-0.2, -0.15) is 0 Å². The number of halogens is 1. The summed E-state index contributed by atoms with van der Waals surface area (Å²) in [5, 5.41) is 3.66. The van der Waals surface area contributed by atoms with Crippen LogP contribution in [0.2, 0.25) is 5.02 Å². The minimum atomic E-state index is -0.356. The molecular formula is C27H24ClN3O3. The first-order chi connectivity index (χ1) is 16.6. The molecule has 0 fully saturated rings. The van der Waals surface area contributed by atoms with Crippen molar-refractivity contribution in [3.63, 3.8) is 0 Å². The number of urea groups is 1. The summed E-state index contributed by atoms with van der Waals surface area (Å²) in [6.07, 6.45) is 2.03. The van der Waals surface area contributed by atoms with Crippen molar-refractivity contribution in [2.24, 2.45) is 0 Å². The van der Waals surface area contributed by atoms with Crippen LogP contribution in [0.25, 0.3) is 5.69 Å². The van der Waals surface area contributed by atoms with E-state index in [9.17, 15) is 4.79 Å². The van der Waals surface area contributed by atoms with Gasteiger partial charge in [0.15, 0.2) is 0 Å². The van der Waals surface area contributed by atoms with E-state index in [-0.39, 0.29) is 12.1 Å². The van der Waals surface area contributed by atoms with E-state index in [4.69, 9.17) is 21.1 Å². The third-order valence-electron chi connectivity index (χ3n) is 6.04. The van der Waals surface area contributed by atoms with Gasteiger partial charge in [-0.3, -0.25) is 0 Å². The monoisotopic (exact) mass is 473 g/mol. The van der Waals surface area contributed by atoms with Crippen molar-refractivity contribution >= 4 is 23.3 Å². The second-order valence-electron chi connectivity index (χ2n) is 8.01. The van der Waals surface area contributed by atoms with E-state index in [0.29, 0.717) is 28.8 Å². The first kappa shape index (κ1) is 21.9. The molecule has 1 aliphatic rings. The number of aromatic nitrogens is 1. The van der Waals surface area contributed by atoms with Gasteiger partial charge in [-0.15, -0.1) is 0 Å². The van der Waals surface area contributed by atoms with Gasteiger partial charge in [0.25, 0.3) is 0 Å². The molecule has 0 bridgehead atoms. The molecule has 2 amide bonds. The molecular weight excluding hydrogens is 450 g/mol. The zero-order valence-electron chi connectivity index (χ0n) is 18.9. The summed E-state index contributed by atoms with van der Waals surface area (Å²) >= 11 is 6.37. The number of para-hydroxylation sites is 1. The maximum atomic E-state index is 13.8. The largest absolute Gasteiger partial charge is 0.497 e. The third kappa shape index (κ3) is 3.97. The molecule has 7 heteroatoms. The number of rotatable bonds is 4. The predicted molar refractivity (Wildman–Crippen MR) is 133 cm³/mol. The highest BCUT2D eigenvalue weighted by Gasteiger charge is 2.33. The Morgan fingerprint density at radius 3 is 2.62 bits per heavy atom. The lowest BCUT2D eigenvalue weighted by molar-refractivity contribution is 0.194. The highest BCUT2D eigenvalue weighted by Crippen LogP contribution is 2.38. The van der Waals surface area contributed by atoms with Crippen LogP contribution in [0.4, 0.5) is 10.5 Å². The number of anilines is 1. The molecule has 4 aromatic rings. The number of nitrogens with one attached hydrogen (secondary N) is 1. The standard InChI is InChI=1S/C27H24ClN3O3/c1-33-21-12-13-22(25(16-21)34-2)29-27(32)31-17-19-7-3-4-10-23(19)30-14-6-11-24(30)26(31)18-8-5-9-20(28)15-18/h3-16,26H,17H2,1-2H3,(H,29,32). The fourth-order valence-corrected chi connectivity index (χ4v) is 4.65. The van der Waals surface area contributed by atoms with Gasteiger partial charge in [0, 0.05) is 23.0 Å². The first-order valence-corrected chi connectivity index (χ1v) is 11.3. The van der Waals surface area contributed by atoms with E-state index in [1.807, 2.05) is 65.7 Å². The maximum Gasteiger partial charge on any atom is 0.323 e. The van der Waals surface area contributed by atoms with Gasteiger partial charge in [-0.25, -0.2) is 4.79 Å². The molecule has 172 valence electrons.